The van der Waals surface area contributed by atoms with Crippen molar-refractivity contribution in [3.8, 4) is 0 Å². The van der Waals surface area contributed by atoms with Crippen molar-refractivity contribution in [1.29, 1.82) is 0 Å². The number of aliphatic imine (C=N–C) groups is 1. The second-order valence-corrected chi connectivity index (χ2v) is 2.99. The van der Waals surface area contributed by atoms with E-state index in [1.54, 1.807) is 0 Å². The maximum atomic E-state index is 4.44. The average molecular weight is 153 g/mol. The lowest BCUT2D eigenvalue weighted by molar-refractivity contribution is 0.734. The number of allylic oxidation sites excluding steroid dienone is 2. The summed E-state index contributed by atoms with van der Waals surface area (Å²) in [6.07, 6.45) is 3.21. The molecule has 0 bridgehead atoms. The first-order valence-corrected chi connectivity index (χ1v) is 4.29. The van der Waals surface area contributed by atoms with E-state index in [0.29, 0.717) is 5.92 Å². The molecule has 0 aromatic rings. The highest BCUT2D eigenvalue weighted by molar-refractivity contribution is 5.84. The third-order valence-electron chi connectivity index (χ3n) is 2.10. The SMILES string of the molecule is C/C=C(/C)N=C(C)C(C)CC. The number of nitrogens with zero attached hydrogens (tertiary/aromatic N) is 1. The summed E-state index contributed by atoms with van der Waals surface area (Å²) in [5.74, 6) is 0.616. The first-order chi connectivity index (χ1) is 5.11. The van der Waals surface area contributed by atoms with Crippen LogP contribution < -0.4 is 0 Å². The Morgan fingerprint density at radius 3 is 2.36 bits per heavy atom. The Labute approximate surface area is 70.2 Å². The molecule has 1 atom stereocenters. The molecule has 0 aromatic carbocycles. The van der Waals surface area contributed by atoms with Gasteiger partial charge in [-0.15, -0.1) is 0 Å². The van der Waals surface area contributed by atoms with Gasteiger partial charge in [-0.05, 0) is 33.1 Å². The predicted molar refractivity (Wildman–Crippen MR) is 52.0 cm³/mol. The summed E-state index contributed by atoms with van der Waals surface area (Å²) in [4.78, 5) is 4.44. The second-order valence-electron chi connectivity index (χ2n) is 2.99. The molecule has 1 heteroatoms. The Balaban J connectivity index is 4.21. The van der Waals surface area contributed by atoms with Gasteiger partial charge >= 0.3 is 0 Å². The van der Waals surface area contributed by atoms with Crippen molar-refractivity contribution < 1.29 is 0 Å². The van der Waals surface area contributed by atoms with Crippen LogP contribution in [-0.4, -0.2) is 5.71 Å². The Hall–Kier alpha value is -0.590. The molecule has 64 valence electrons. The highest BCUT2D eigenvalue weighted by Gasteiger charge is 2.01. The molecule has 0 aliphatic heterocycles. The molecule has 0 amide bonds. The van der Waals surface area contributed by atoms with Crippen molar-refractivity contribution in [2.24, 2.45) is 10.9 Å². The highest BCUT2D eigenvalue weighted by atomic mass is 14.7. The van der Waals surface area contributed by atoms with E-state index in [4.69, 9.17) is 0 Å². The molecular formula is C10H19N. The summed E-state index contributed by atoms with van der Waals surface area (Å²) < 4.78 is 0. The molecule has 1 unspecified atom stereocenters. The summed E-state index contributed by atoms with van der Waals surface area (Å²) in [5, 5.41) is 0. The van der Waals surface area contributed by atoms with Gasteiger partial charge in [0.25, 0.3) is 0 Å². The van der Waals surface area contributed by atoms with Crippen LogP contribution >= 0.6 is 0 Å². The molecule has 0 spiro atoms. The average Bonchev–Trinajstić information content (AvgIpc) is 2.02. The number of hydrogen-bond donors (Lipinski definition) is 0. The molecule has 0 fully saturated rings. The molecule has 11 heavy (non-hydrogen) atoms. The Bertz CT molecular complexity index is 166. The summed E-state index contributed by atoms with van der Waals surface area (Å²) in [7, 11) is 0. The van der Waals surface area contributed by atoms with E-state index in [1.165, 1.54) is 12.1 Å². The second kappa shape index (κ2) is 5.11. The van der Waals surface area contributed by atoms with Crippen molar-refractivity contribution in [1.82, 2.24) is 0 Å². The van der Waals surface area contributed by atoms with Crippen LogP contribution in [-0.2, 0) is 0 Å². The minimum absolute atomic E-state index is 0.616. The van der Waals surface area contributed by atoms with E-state index in [9.17, 15) is 0 Å². The van der Waals surface area contributed by atoms with Crippen molar-refractivity contribution in [3.05, 3.63) is 11.8 Å². The Morgan fingerprint density at radius 1 is 1.45 bits per heavy atom. The largest absolute Gasteiger partial charge is 0.263 e. The van der Waals surface area contributed by atoms with E-state index in [0.717, 1.165) is 5.70 Å². The first kappa shape index (κ1) is 10.4. The molecule has 0 aliphatic carbocycles. The fraction of sp³-hybridized carbons (Fsp3) is 0.700. The zero-order chi connectivity index (χ0) is 8.85. The smallest absolute Gasteiger partial charge is 0.0329 e. The van der Waals surface area contributed by atoms with Crippen LogP contribution in [0.3, 0.4) is 0 Å². The molecule has 0 radical (unpaired) electrons. The van der Waals surface area contributed by atoms with Gasteiger partial charge in [0.15, 0.2) is 0 Å². The highest BCUT2D eigenvalue weighted by Crippen LogP contribution is 2.06. The third-order valence-corrected chi connectivity index (χ3v) is 2.10. The fourth-order valence-corrected chi connectivity index (χ4v) is 0.748. The van der Waals surface area contributed by atoms with Crippen LogP contribution in [0.4, 0.5) is 0 Å². The van der Waals surface area contributed by atoms with Gasteiger partial charge in [0, 0.05) is 11.4 Å². The minimum atomic E-state index is 0.616. The van der Waals surface area contributed by atoms with Crippen molar-refractivity contribution in [2.75, 3.05) is 0 Å². The van der Waals surface area contributed by atoms with Gasteiger partial charge in [-0.3, -0.25) is 4.99 Å². The molecule has 0 N–H and O–H groups in total. The maximum Gasteiger partial charge on any atom is 0.0329 e. The molecule has 0 heterocycles. The molecule has 0 saturated carbocycles. The van der Waals surface area contributed by atoms with E-state index in [-0.39, 0.29) is 0 Å². The van der Waals surface area contributed by atoms with Crippen LogP contribution in [0, 0.1) is 5.92 Å². The van der Waals surface area contributed by atoms with Crippen molar-refractivity contribution in [3.63, 3.8) is 0 Å². The molecule has 0 aliphatic rings. The Morgan fingerprint density at radius 2 is 2.00 bits per heavy atom. The lowest BCUT2D eigenvalue weighted by atomic mass is 10.0. The summed E-state index contributed by atoms with van der Waals surface area (Å²) >= 11 is 0. The lowest BCUT2D eigenvalue weighted by Crippen LogP contribution is -2.05. The molecule has 0 aromatic heterocycles. The molecular weight excluding hydrogens is 134 g/mol. The first-order valence-electron chi connectivity index (χ1n) is 4.29. The topological polar surface area (TPSA) is 12.4 Å². The zero-order valence-electron chi connectivity index (χ0n) is 8.31. The van der Waals surface area contributed by atoms with E-state index in [1.807, 2.05) is 19.9 Å². The van der Waals surface area contributed by atoms with Gasteiger partial charge in [-0.2, -0.15) is 0 Å². The quantitative estimate of drug-likeness (QED) is 0.551. The van der Waals surface area contributed by atoms with Crippen LogP contribution in [0.2, 0.25) is 0 Å². The summed E-state index contributed by atoms with van der Waals surface area (Å²) in [6, 6.07) is 0. The monoisotopic (exact) mass is 153 g/mol. The van der Waals surface area contributed by atoms with Gasteiger partial charge < -0.3 is 0 Å². The lowest BCUT2D eigenvalue weighted by Gasteiger charge is -2.07. The van der Waals surface area contributed by atoms with E-state index >= 15 is 0 Å². The number of hydrogen-bond acceptors (Lipinski definition) is 1. The van der Waals surface area contributed by atoms with E-state index in [2.05, 4.69) is 25.8 Å². The van der Waals surface area contributed by atoms with Gasteiger partial charge in [0.05, 0.1) is 0 Å². The molecule has 0 saturated heterocycles. The van der Waals surface area contributed by atoms with Crippen molar-refractivity contribution in [2.45, 2.75) is 41.0 Å². The predicted octanol–water partition coefficient (Wildman–Crippen LogP) is 3.42. The van der Waals surface area contributed by atoms with Crippen LogP contribution in [0.5, 0.6) is 0 Å². The summed E-state index contributed by atoms with van der Waals surface area (Å²) in [6.45, 7) is 10.5. The minimum Gasteiger partial charge on any atom is -0.263 e. The fourth-order valence-electron chi connectivity index (χ4n) is 0.748. The van der Waals surface area contributed by atoms with E-state index < -0.39 is 0 Å². The van der Waals surface area contributed by atoms with Gasteiger partial charge in [-0.25, -0.2) is 0 Å². The zero-order valence-corrected chi connectivity index (χ0v) is 8.31. The van der Waals surface area contributed by atoms with Crippen LogP contribution in [0.25, 0.3) is 0 Å². The van der Waals surface area contributed by atoms with Crippen molar-refractivity contribution >= 4 is 5.71 Å². The third kappa shape index (κ3) is 3.97. The maximum absolute atomic E-state index is 4.44. The summed E-state index contributed by atoms with van der Waals surface area (Å²) in [5.41, 5.74) is 2.35. The molecule has 0 rings (SSSR count). The van der Waals surface area contributed by atoms with Gasteiger partial charge in [0.2, 0.25) is 0 Å². The van der Waals surface area contributed by atoms with Crippen LogP contribution in [0.1, 0.15) is 41.0 Å². The number of rotatable bonds is 3. The Kier molecular flexibility index (Phi) is 4.84. The van der Waals surface area contributed by atoms with Crippen LogP contribution in [0.15, 0.2) is 16.8 Å². The molecule has 1 nitrogen and oxygen atoms in total. The standard InChI is InChI=1S/C10H19N/c1-6-8(3)10(5)11-9(4)7-2/h7-8H,6H2,1-5H3/b9-7-,11-10?. The van der Waals surface area contributed by atoms with Gasteiger partial charge in [0.1, 0.15) is 0 Å². The normalized spacial score (nSPS) is 16.8. The van der Waals surface area contributed by atoms with Gasteiger partial charge in [-0.1, -0.05) is 19.9 Å².